The number of ether oxygens (including phenoxy) is 3. The Bertz CT molecular complexity index is 856. The van der Waals surface area contributed by atoms with Crippen LogP contribution in [0.2, 0.25) is 0 Å². The molecular weight excluding hydrogens is 445 g/mol. The van der Waals surface area contributed by atoms with Gasteiger partial charge in [0.1, 0.15) is 5.69 Å². The van der Waals surface area contributed by atoms with Crippen molar-refractivity contribution in [3.05, 3.63) is 46.3 Å². The molecule has 0 atom stereocenters. The number of hydrogen-bond donors (Lipinski definition) is 0. The van der Waals surface area contributed by atoms with E-state index in [1.807, 2.05) is 10.9 Å². The highest BCUT2D eigenvalue weighted by atomic mass is 31.2. The van der Waals surface area contributed by atoms with Crippen molar-refractivity contribution in [1.82, 2.24) is 15.0 Å². The summed E-state index contributed by atoms with van der Waals surface area (Å²) in [6.45, 7) is 13.8. The normalized spacial score (nSPS) is 11.9. The summed E-state index contributed by atoms with van der Waals surface area (Å²) < 4.78 is 41.1. The van der Waals surface area contributed by atoms with Crippen LogP contribution in [0.3, 0.4) is 0 Å². The fourth-order valence-electron chi connectivity index (χ4n) is 3.24. The van der Waals surface area contributed by atoms with Gasteiger partial charge in [-0.1, -0.05) is 17.3 Å². The van der Waals surface area contributed by atoms with E-state index in [2.05, 4.69) is 43.2 Å². The molecule has 33 heavy (non-hydrogen) atoms. The topological polar surface area (TPSA) is 93.9 Å². The third-order valence-electron chi connectivity index (χ3n) is 5.07. The van der Waals surface area contributed by atoms with Gasteiger partial charge in [-0.25, -0.2) is 4.68 Å². The van der Waals surface area contributed by atoms with Crippen LogP contribution in [0.4, 0.5) is 0 Å². The van der Waals surface area contributed by atoms with E-state index in [1.54, 1.807) is 13.8 Å². The molecule has 9 nitrogen and oxygen atoms in total. The maximum absolute atomic E-state index is 12.3. The van der Waals surface area contributed by atoms with Crippen molar-refractivity contribution < 1.29 is 27.8 Å². The van der Waals surface area contributed by atoms with E-state index in [-0.39, 0.29) is 6.16 Å². The van der Waals surface area contributed by atoms with Gasteiger partial charge >= 0.3 is 7.60 Å². The first-order valence-electron chi connectivity index (χ1n) is 11.4. The second-order valence-corrected chi connectivity index (χ2v) is 9.89. The van der Waals surface area contributed by atoms with Crippen LogP contribution in [-0.2, 0) is 41.0 Å². The van der Waals surface area contributed by atoms with Gasteiger partial charge in [-0.05, 0) is 56.9 Å². The van der Waals surface area contributed by atoms with E-state index >= 15 is 0 Å². The van der Waals surface area contributed by atoms with Crippen LogP contribution in [0.5, 0.6) is 0 Å². The highest BCUT2D eigenvalue weighted by molar-refractivity contribution is 7.53. The van der Waals surface area contributed by atoms with Crippen molar-refractivity contribution in [3.8, 4) is 0 Å². The predicted molar refractivity (Wildman–Crippen MR) is 127 cm³/mol. The first-order chi connectivity index (χ1) is 15.9. The lowest BCUT2D eigenvalue weighted by Gasteiger charge is -2.16. The summed E-state index contributed by atoms with van der Waals surface area (Å²) in [4.78, 5) is 0. The maximum atomic E-state index is 12.3. The lowest BCUT2D eigenvalue weighted by molar-refractivity contribution is 0.0119. The Morgan fingerprint density at radius 3 is 2.06 bits per heavy atom. The number of aryl methyl sites for hydroxylation is 2. The first kappa shape index (κ1) is 27.6. The van der Waals surface area contributed by atoms with Crippen LogP contribution in [-0.4, -0.2) is 67.4 Å². The van der Waals surface area contributed by atoms with Crippen LogP contribution in [0, 0.1) is 20.8 Å². The highest BCUT2D eigenvalue weighted by Crippen LogP contribution is 2.47. The number of rotatable bonds is 17. The van der Waals surface area contributed by atoms with E-state index < -0.39 is 7.60 Å². The lowest BCUT2D eigenvalue weighted by Crippen LogP contribution is -2.12. The number of benzene rings is 1. The van der Waals surface area contributed by atoms with Crippen molar-refractivity contribution in [2.75, 3.05) is 52.4 Å². The Hall–Kier alpha value is -1.61. The fraction of sp³-hybridized carbons (Fsp3) is 0.652. The van der Waals surface area contributed by atoms with Crippen LogP contribution in [0.15, 0.2) is 18.3 Å². The molecule has 1 aromatic heterocycles. The van der Waals surface area contributed by atoms with Crippen molar-refractivity contribution in [2.24, 2.45) is 0 Å². The van der Waals surface area contributed by atoms with Gasteiger partial charge in [0.2, 0.25) is 0 Å². The van der Waals surface area contributed by atoms with Gasteiger partial charge in [0.25, 0.3) is 0 Å². The molecule has 0 radical (unpaired) electrons. The van der Waals surface area contributed by atoms with Gasteiger partial charge in [0.05, 0.1) is 71.8 Å². The minimum atomic E-state index is -3.04. The quantitative estimate of drug-likeness (QED) is 0.246. The van der Waals surface area contributed by atoms with E-state index in [1.165, 1.54) is 22.3 Å². The van der Waals surface area contributed by atoms with Gasteiger partial charge in [0, 0.05) is 0 Å². The largest absolute Gasteiger partial charge is 0.378 e. The highest BCUT2D eigenvalue weighted by Gasteiger charge is 2.22. The van der Waals surface area contributed by atoms with Crippen molar-refractivity contribution in [1.29, 1.82) is 0 Å². The zero-order valence-corrected chi connectivity index (χ0v) is 21.4. The van der Waals surface area contributed by atoms with Gasteiger partial charge in [-0.2, -0.15) is 0 Å². The first-order valence-corrected chi connectivity index (χ1v) is 13.2. The molecule has 10 heteroatoms. The summed E-state index contributed by atoms with van der Waals surface area (Å²) in [6.07, 6.45) is 2.14. The predicted octanol–water partition coefficient (Wildman–Crippen LogP) is 4.07. The average molecular weight is 484 g/mol. The van der Waals surface area contributed by atoms with E-state index in [0.717, 1.165) is 5.69 Å². The Morgan fingerprint density at radius 2 is 1.45 bits per heavy atom. The molecule has 1 heterocycles. The SMILES string of the molecule is CCOP(=O)(CCOCCOCCOCc1cn(Cc2cc(C)c(C)c(C)c2)nn1)OCC. The molecule has 186 valence electrons. The maximum Gasteiger partial charge on any atom is 0.332 e. The van der Waals surface area contributed by atoms with E-state index in [0.29, 0.717) is 59.4 Å². The summed E-state index contributed by atoms with van der Waals surface area (Å²) in [5.41, 5.74) is 5.90. The molecule has 0 unspecified atom stereocenters. The summed E-state index contributed by atoms with van der Waals surface area (Å²) in [6, 6.07) is 4.38. The van der Waals surface area contributed by atoms with Gasteiger partial charge < -0.3 is 23.3 Å². The third kappa shape index (κ3) is 10.0. The standard InChI is InChI=1S/C23H38N3O6P/c1-6-31-33(27,32-7-2)13-12-29-9-8-28-10-11-30-18-23-17-26(25-24-23)16-22-14-19(3)21(5)20(4)15-22/h14-15,17H,6-13,16,18H2,1-5H3. The van der Waals surface area contributed by atoms with Crippen LogP contribution in [0.1, 0.15) is 41.8 Å². The Labute approximate surface area is 197 Å². The van der Waals surface area contributed by atoms with Crippen LogP contribution < -0.4 is 0 Å². The van der Waals surface area contributed by atoms with Crippen molar-refractivity contribution >= 4 is 7.60 Å². The molecule has 0 N–H and O–H groups in total. The second kappa shape index (κ2) is 14.6. The smallest absolute Gasteiger partial charge is 0.332 e. The number of nitrogens with zero attached hydrogens (tertiary/aromatic N) is 3. The van der Waals surface area contributed by atoms with Crippen molar-refractivity contribution in [3.63, 3.8) is 0 Å². The van der Waals surface area contributed by atoms with Crippen molar-refractivity contribution in [2.45, 2.75) is 47.8 Å². The van der Waals surface area contributed by atoms with Gasteiger partial charge in [-0.3, -0.25) is 4.57 Å². The summed E-state index contributed by atoms with van der Waals surface area (Å²) in [5, 5.41) is 8.36. The minimum Gasteiger partial charge on any atom is -0.378 e. The zero-order chi connectivity index (χ0) is 24.1. The molecule has 0 saturated heterocycles. The van der Waals surface area contributed by atoms with Gasteiger partial charge in [-0.15, -0.1) is 5.10 Å². The Morgan fingerprint density at radius 1 is 0.879 bits per heavy atom. The average Bonchev–Trinajstić information content (AvgIpc) is 3.20. The molecule has 0 fully saturated rings. The Kier molecular flexibility index (Phi) is 12.2. The third-order valence-corrected chi connectivity index (χ3v) is 7.11. The molecule has 2 rings (SSSR count). The molecule has 0 bridgehead atoms. The van der Waals surface area contributed by atoms with E-state index in [9.17, 15) is 4.57 Å². The lowest BCUT2D eigenvalue weighted by atomic mass is 10.0. The number of hydrogen-bond acceptors (Lipinski definition) is 8. The van der Waals surface area contributed by atoms with Crippen LogP contribution in [0.25, 0.3) is 0 Å². The monoisotopic (exact) mass is 483 g/mol. The molecule has 0 amide bonds. The fourth-order valence-corrected chi connectivity index (χ4v) is 4.71. The number of aromatic nitrogens is 3. The molecule has 0 saturated carbocycles. The molecule has 0 aliphatic carbocycles. The van der Waals surface area contributed by atoms with Crippen LogP contribution >= 0.6 is 7.60 Å². The second-order valence-electron chi connectivity index (χ2n) is 7.71. The van der Waals surface area contributed by atoms with E-state index in [4.69, 9.17) is 23.3 Å². The van der Waals surface area contributed by atoms with Gasteiger partial charge in [0.15, 0.2) is 0 Å². The molecule has 1 aromatic carbocycles. The summed E-state index contributed by atoms with van der Waals surface area (Å²) in [5.74, 6) is 0. The molecule has 0 spiro atoms. The molecule has 2 aromatic rings. The molecule has 0 aliphatic rings. The minimum absolute atomic E-state index is 0.238. The molecular formula is C23H38N3O6P. The molecule has 0 aliphatic heterocycles. The Balaban J connectivity index is 1.55. The summed E-state index contributed by atoms with van der Waals surface area (Å²) in [7, 11) is -3.04. The summed E-state index contributed by atoms with van der Waals surface area (Å²) >= 11 is 0. The zero-order valence-electron chi connectivity index (χ0n) is 20.5.